The lowest BCUT2D eigenvalue weighted by Crippen LogP contribution is -2.41. The van der Waals surface area contributed by atoms with E-state index in [1.807, 2.05) is 53.7 Å². The summed E-state index contributed by atoms with van der Waals surface area (Å²) in [5.74, 6) is -0.473. The van der Waals surface area contributed by atoms with Gasteiger partial charge >= 0.3 is 5.97 Å². The first-order valence-electron chi connectivity index (χ1n) is 13.5. The fraction of sp³-hybridized carbons (Fsp3) is 0.667. The van der Waals surface area contributed by atoms with Crippen LogP contribution in [0.5, 0.6) is 0 Å². The standard InChI is InChI=1S/C30H49FN2O4/c1-9-12-15-23(34)19-30(20-27(30)32)22(5)21(4)25(31)18-24(11-3)36-17-13-16-33-26(14-10-2)28(35)37-29(6,7)8/h9,11-12,18,22,26-27,33H,4,10,13-17,19-20,32H2,1-3,5-8H3/b12-9+,24-11+,25-18+/t22-,26+,27?,30?/m0/s1. The molecule has 0 amide bonds. The molecule has 4 atom stereocenters. The average molecular weight is 521 g/mol. The summed E-state index contributed by atoms with van der Waals surface area (Å²) in [6.45, 7) is 18.0. The van der Waals surface area contributed by atoms with Crippen molar-refractivity contribution in [3.8, 4) is 0 Å². The third-order valence-corrected chi connectivity index (χ3v) is 6.78. The number of halogens is 1. The van der Waals surface area contributed by atoms with Gasteiger partial charge in [-0.2, -0.15) is 0 Å². The van der Waals surface area contributed by atoms with Gasteiger partial charge in [0.1, 0.15) is 29.0 Å². The Bertz CT molecular complexity index is 871. The van der Waals surface area contributed by atoms with E-state index in [0.29, 0.717) is 56.6 Å². The third kappa shape index (κ3) is 10.9. The molecule has 210 valence electrons. The first kappa shape index (κ1) is 32.8. The monoisotopic (exact) mass is 520 g/mol. The second-order valence-corrected chi connectivity index (χ2v) is 11.0. The first-order chi connectivity index (χ1) is 17.3. The van der Waals surface area contributed by atoms with Crippen molar-refractivity contribution in [2.24, 2.45) is 17.1 Å². The summed E-state index contributed by atoms with van der Waals surface area (Å²) in [6.07, 6.45) is 10.3. The number of Topliss-reactive ketones (excluding diaryl/α,β-unsaturated/α-hetero) is 1. The average Bonchev–Trinajstić information content (AvgIpc) is 3.48. The molecule has 0 aromatic rings. The van der Waals surface area contributed by atoms with Crippen molar-refractivity contribution in [1.82, 2.24) is 5.32 Å². The lowest BCUT2D eigenvalue weighted by Gasteiger charge is -2.25. The van der Waals surface area contributed by atoms with Crippen molar-refractivity contribution in [1.29, 1.82) is 0 Å². The summed E-state index contributed by atoms with van der Waals surface area (Å²) in [7, 11) is 0. The largest absolute Gasteiger partial charge is 0.494 e. The van der Waals surface area contributed by atoms with Gasteiger partial charge in [-0.05, 0) is 78.0 Å². The second kappa shape index (κ2) is 15.2. The number of ether oxygens (including phenoxy) is 2. The highest BCUT2D eigenvalue weighted by atomic mass is 19.1. The Labute approximate surface area is 223 Å². The quantitative estimate of drug-likeness (QED) is 0.0793. The van der Waals surface area contributed by atoms with Crippen LogP contribution in [0.3, 0.4) is 0 Å². The minimum absolute atomic E-state index is 0.106. The summed E-state index contributed by atoms with van der Waals surface area (Å²) in [4.78, 5) is 24.8. The van der Waals surface area contributed by atoms with Gasteiger partial charge in [0.15, 0.2) is 0 Å². The lowest BCUT2D eigenvalue weighted by atomic mass is 9.79. The minimum atomic E-state index is -0.529. The van der Waals surface area contributed by atoms with E-state index in [2.05, 4.69) is 11.9 Å². The van der Waals surface area contributed by atoms with Crippen LogP contribution in [0.4, 0.5) is 4.39 Å². The maximum atomic E-state index is 15.1. The number of carbonyl (C=O) groups excluding carboxylic acids is 2. The second-order valence-electron chi connectivity index (χ2n) is 11.0. The molecule has 37 heavy (non-hydrogen) atoms. The van der Waals surface area contributed by atoms with Crippen molar-refractivity contribution < 1.29 is 23.5 Å². The number of nitrogens with two attached hydrogens (primary N) is 1. The molecule has 0 heterocycles. The molecule has 1 aliphatic rings. The van der Waals surface area contributed by atoms with Crippen LogP contribution >= 0.6 is 0 Å². The molecule has 1 aliphatic carbocycles. The van der Waals surface area contributed by atoms with E-state index < -0.39 is 16.8 Å². The van der Waals surface area contributed by atoms with E-state index in [1.165, 1.54) is 6.08 Å². The van der Waals surface area contributed by atoms with Crippen LogP contribution < -0.4 is 11.1 Å². The van der Waals surface area contributed by atoms with Crippen LogP contribution in [0.2, 0.25) is 0 Å². The van der Waals surface area contributed by atoms with Crippen molar-refractivity contribution in [2.75, 3.05) is 13.2 Å². The normalized spacial score (nSPS) is 22.0. The first-order valence-corrected chi connectivity index (χ1v) is 13.5. The molecule has 2 unspecified atom stereocenters. The fourth-order valence-electron chi connectivity index (χ4n) is 4.38. The SMILES string of the molecule is C=C(/C(F)=C\C(=C/C)OCCCN[C@H](CCC)C(=O)OC(C)(C)C)[C@H](C)C1(CC(=O)C/C=C/C)CC1N. The zero-order valence-corrected chi connectivity index (χ0v) is 24.0. The molecule has 1 saturated carbocycles. The van der Waals surface area contributed by atoms with Gasteiger partial charge in [-0.3, -0.25) is 9.59 Å². The molecule has 0 spiro atoms. The molecule has 3 N–H and O–H groups in total. The molecular formula is C30H49FN2O4. The molecule has 1 rings (SSSR count). The highest BCUT2D eigenvalue weighted by Crippen LogP contribution is 2.56. The zero-order valence-electron chi connectivity index (χ0n) is 24.0. The smallest absolute Gasteiger partial charge is 0.323 e. The minimum Gasteiger partial charge on any atom is -0.494 e. The van der Waals surface area contributed by atoms with Gasteiger partial charge in [0.25, 0.3) is 0 Å². The van der Waals surface area contributed by atoms with Gasteiger partial charge < -0.3 is 20.5 Å². The Morgan fingerprint density at radius 3 is 2.46 bits per heavy atom. The number of ketones is 1. The van der Waals surface area contributed by atoms with Crippen LogP contribution in [-0.2, 0) is 19.1 Å². The third-order valence-electron chi connectivity index (χ3n) is 6.78. The molecule has 6 nitrogen and oxygen atoms in total. The summed E-state index contributed by atoms with van der Waals surface area (Å²) in [5, 5.41) is 3.24. The van der Waals surface area contributed by atoms with E-state index in [1.54, 1.807) is 13.0 Å². The topological polar surface area (TPSA) is 90.6 Å². The van der Waals surface area contributed by atoms with E-state index >= 15 is 4.39 Å². The van der Waals surface area contributed by atoms with Crippen molar-refractivity contribution in [3.63, 3.8) is 0 Å². The molecular weight excluding hydrogens is 471 g/mol. The van der Waals surface area contributed by atoms with Gasteiger partial charge in [-0.1, -0.05) is 39.0 Å². The molecule has 1 fully saturated rings. The number of nitrogens with one attached hydrogen (secondary N) is 1. The Balaban J connectivity index is 2.62. The molecule has 7 heteroatoms. The van der Waals surface area contributed by atoms with E-state index in [0.717, 1.165) is 6.42 Å². The maximum Gasteiger partial charge on any atom is 0.323 e. The molecule has 0 aromatic carbocycles. The Kier molecular flexibility index (Phi) is 13.5. The number of carbonyl (C=O) groups is 2. The van der Waals surface area contributed by atoms with Crippen molar-refractivity contribution in [3.05, 3.63) is 48.0 Å². The van der Waals surface area contributed by atoms with Crippen LogP contribution in [-0.4, -0.2) is 42.6 Å². The zero-order chi connectivity index (χ0) is 28.2. The highest BCUT2D eigenvalue weighted by Gasteiger charge is 2.57. The molecule has 0 bridgehead atoms. The Hall–Kier alpha value is -2.25. The van der Waals surface area contributed by atoms with Crippen LogP contribution in [0, 0.1) is 11.3 Å². The molecule has 0 aromatic heterocycles. The number of hydrogen-bond acceptors (Lipinski definition) is 6. The van der Waals surface area contributed by atoms with Gasteiger partial charge in [0, 0.05) is 30.4 Å². The van der Waals surface area contributed by atoms with E-state index in [9.17, 15) is 9.59 Å². The van der Waals surface area contributed by atoms with Crippen LogP contribution in [0.25, 0.3) is 0 Å². The maximum absolute atomic E-state index is 15.1. The van der Waals surface area contributed by atoms with Crippen LogP contribution in [0.15, 0.2) is 48.0 Å². The molecule has 0 aliphatic heterocycles. The number of allylic oxidation sites excluding steroid dienone is 6. The molecule has 0 radical (unpaired) electrons. The predicted octanol–water partition coefficient (Wildman–Crippen LogP) is 6.09. The number of hydrogen-bond donors (Lipinski definition) is 2. The van der Waals surface area contributed by atoms with Crippen molar-refractivity contribution in [2.45, 2.75) is 105 Å². The van der Waals surface area contributed by atoms with Gasteiger partial charge in [-0.25, -0.2) is 4.39 Å². The number of rotatable bonds is 17. The summed E-state index contributed by atoms with van der Waals surface area (Å²) in [6, 6.07) is -0.498. The summed E-state index contributed by atoms with van der Waals surface area (Å²) >= 11 is 0. The Morgan fingerprint density at radius 1 is 1.30 bits per heavy atom. The van der Waals surface area contributed by atoms with Gasteiger partial charge in [-0.15, -0.1) is 0 Å². The molecule has 0 saturated heterocycles. The Morgan fingerprint density at radius 2 is 1.95 bits per heavy atom. The van der Waals surface area contributed by atoms with Crippen LogP contribution in [0.1, 0.15) is 87.0 Å². The van der Waals surface area contributed by atoms with Gasteiger partial charge in [0.2, 0.25) is 0 Å². The van der Waals surface area contributed by atoms with Crippen molar-refractivity contribution >= 4 is 11.8 Å². The fourth-order valence-corrected chi connectivity index (χ4v) is 4.38. The lowest BCUT2D eigenvalue weighted by molar-refractivity contribution is -0.157. The van der Waals surface area contributed by atoms with E-state index in [4.69, 9.17) is 15.2 Å². The van der Waals surface area contributed by atoms with E-state index in [-0.39, 0.29) is 29.8 Å². The highest BCUT2D eigenvalue weighted by molar-refractivity contribution is 5.81. The summed E-state index contributed by atoms with van der Waals surface area (Å²) < 4.78 is 26.4. The van der Waals surface area contributed by atoms with Gasteiger partial charge in [0.05, 0.1) is 6.61 Å². The number of esters is 1. The predicted molar refractivity (Wildman–Crippen MR) is 148 cm³/mol. The summed E-state index contributed by atoms with van der Waals surface area (Å²) in [5.41, 5.74) is 5.57.